The Kier molecular flexibility index (Phi) is 8.19. The van der Waals surface area contributed by atoms with E-state index in [0.29, 0.717) is 12.4 Å². The van der Waals surface area contributed by atoms with Crippen LogP contribution >= 0.6 is 11.6 Å². The van der Waals surface area contributed by atoms with Gasteiger partial charge >= 0.3 is 6.18 Å². The highest BCUT2D eigenvalue weighted by atomic mass is 35.5. The largest absolute Gasteiger partial charge is 0.411 e. The second-order valence-electron chi connectivity index (χ2n) is 3.14. The van der Waals surface area contributed by atoms with E-state index in [-0.39, 0.29) is 6.61 Å². The molecular formula is C9H17ClF3NO. The molecule has 0 unspecified atom stereocenters. The van der Waals surface area contributed by atoms with Gasteiger partial charge in [0.2, 0.25) is 0 Å². The molecule has 92 valence electrons. The lowest BCUT2D eigenvalue weighted by Gasteiger charge is -2.19. The number of rotatable bonds is 8. The molecule has 0 aromatic heterocycles. The van der Waals surface area contributed by atoms with Gasteiger partial charge in [-0.05, 0) is 19.5 Å². The zero-order valence-electron chi connectivity index (χ0n) is 8.82. The maximum absolute atomic E-state index is 11.7. The average molecular weight is 248 g/mol. The minimum atomic E-state index is -4.23. The molecule has 0 saturated heterocycles. The molecule has 0 rings (SSSR count). The van der Waals surface area contributed by atoms with Gasteiger partial charge < -0.3 is 9.64 Å². The van der Waals surface area contributed by atoms with Crippen molar-refractivity contribution in [3.8, 4) is 0 Å². The topological polar surface area (TPSA) is 12.5 Å². The molecule has 0 fully saturated rings. The van der Waals surface area contributed by atoms with Gasteiger partial charge in [0.25, 0.3) is 0 Å². The van der Waals surface area contributed by atoms with Crippen LogP contribution in [0, 0.1) is 0 Å². The Labute approximate surface area is 93.3 Å². The number of nitrogens with zero attached hydrogens (tertiary/aromatic N) is 1. The van der Waals surface area contributed by atoms with Crippen LogP contribution in [0.1, 0.15) is 13.3 Å². The second-order valence-corrected chi connectivity index (χ2v) is 3.52. The van der Waals surface area contributed by atoms with Crippen LogP contribution in [0.25, 0.3) is 0 Å². The zero-order chi connectivity index (χ0) is 11.7. The van der Waals surface area contributed by atoms with Gasteiger partial charge in [-0.15, -0.1) is 11.6 Å². The van der Waals surface area contributed by atoms with Gasteiger partial charge in [-0.25, -0.2) is 0 Å². The fourth-order valence-corrected chi connectivity index (χ4v) is 1.21. The monoisotopic (exact) mass is 247 g/mol. The lowest BCUT2D eigenvalue weighted by molar-refractivity contribution is -0.174. The summed E-state index contributed by atoms with van der Waals surface area (Å²) in [5.74, 6) is 0.569. The molecule has 15 heavy (non-hydrogen) atoms. The molecule has 0 heterocycles. The van der Waals surface area contributed by atoms with E-state index in [1.807, 2.05) is 11.8 Å². The highest BCUT2D eigenvalue weighted by Crippen LogP contribution is 2.14. The molecule has 0 aliphatic heterocycles. The number of hydrogen-bond donors (Lipinski definition) is 0. The van der Waals surface area contributed by atoms with Gasteiger partial charge in [-0.2, -0.15) is 13.2 Å². The van der Waals surface area contributed by atoms with E-state index in [1.54, 1.807) is 0 Å². The van der Waals surface area contributed by atoms with Crippen molar-refractivity contribution in [2.75, 3.05) is 38.7 Å². The van der Waals surface area contributed by atoms with Crippen molar-refractivity contribution >= 4 is 11.6 Å². The Bertz CT molecular complexity index is 155. The Hall–Kier alpha value is -0.0000000000000000555. The summed E-state index contributed by atoms with van der Waals surface area (Å²) in [6, 6.07) is 0. The fraction of sp³-hybridized carbons (Fsp3) is 1.00. The molecule has 0 aliphatic rings. The van der Waals surface area contributed by atoms with Crippen molar-refractivity contribution < 1.29 is 17.9 Å². The Balaban J connectivity index is 3.46. The van der Waals surface area contributed by atoms with E-state index < -0.39 is 12.8 Å². The van der Waals surface area contributed by atoms with Crippen molar-refractivity contribution in [1.29, 1.82) is 0 Å². The maximum Gasteiger partial charge on any atom is 0.411 e. The summed E-state index contributed by atoms with van der Waals surface area (Å²) in [5.41, 5.74) is 0. The van der Waals surface area contributed by atoms with Crippen molar-refractivity contribution in [1.82, 2.24) is 4.90 Å². The lowest BCUT2D eigenvalue weighted by Crippen LogP contribution is -2.30. The van der Waals surface area contributed by atoms with E-state index in [0.717, 1.165) is 19.5 Å². The summed E-state index contributed by atoms with van der Waals surface area (Å²) < 4.78 is 39.6. The molecule has 0 aromatic rings. The summed E-state index contributed by atoms with van der Waals surface area (Å²) in [6.07, 6.45) is -3.39. The van der Waals surface area contributed by atoms with Crippen LogP contribution < -0.4 is 0 Å². The average Bonchev–Trinajstić information content (AvgIpc) is 2.15. The minimum absolute atomic E-state index is 0.107. The number of likely N-dealkylation sites (N-methyl/N-ethyl adjacent to an activating group) is 1. The van der Waals surface area contributed by atoms with Gasteiger partial charge in [0, 0.05) is 12.4 Å². The van der Waals surface area contributed by atoms with Crippen molar-refractivity contribution in [3.63, 3.8) is 0 Å². The SMILES string of the molecule is CCN(CCCCl)CCOCC(F)(F)F. The van der Waals surface area contributed by atoms with Crippen molar-refractivity contribution in [3.05, 3.63) is 0 Å². The van der Waals surface area contributed by atoms with Crippen molar-refractivity contribution in [2.45, 2.75) is 19.5 Å². The minimum Gasteiger partial charge on any atom is -0.371 e. The van der Waals surface area contributed by atoms with Gasteiger partial charge in [-0.1, -0.05) is 6.92 Å². The summed E-state index contributed by atoms with van der Waals surface area (Å²) in [6.45, 7) is 3.01. The first-order valence-electron chi connectivity index (χ1n) is 4.92. The molecule has 0 atom stereocenters. The predicted molar refractivity (Wildman–Crippen MR) is 54.3 cm³/mol. The molecule has 0 amide bonds. The summed E-state index contributed by atoms with van der Waals surface area (Å²) >= 11 is 5.52. The molecule has 0 bridgehead atoms. The maximum atomic E-state index is 11.7. The van der Waals surface area contributed by atoms with Crippen LogP contribution in [-0.4, -0.2) is 49.8 Å². The molecule has 2 nitrogen and oxygen atoms in total. The molecule has 0 radical (unpaired) electrons. The smallest absolute Gasteiger partial charge is 0.371 e. The third-order valence-corrected chi connectivity index (χ3v) is 2.14. The van der Waals surface area contributed by atoms with Gasteiger partial charge in [0.1, 0.15) is 6.61 Å². The van der Waals surface area contributed by atoms with E-state index in [4.69, 9.17) is 11.6 Å². The Morgan fingerprint density at radius 2 is 1.93 bits per heavy atom. The highest BCUT2D eigenvalue weighted by molar-refractivity contribution is 6.17. The van der Waals surface area contributed by atoms with E-state index in [2.05, 4.69) is 4.74 Å². The Morgan fingerprint density at radius 1 is 1.27 bits per heavy atom. The normalized spacial score (nSPS) is 12.4. The third kappa shape index (κ3) is 10.3. The molecule has 0 N–H and O–H groups in total. The molecule has 0 aliphatic carbocycles. The van der Waals surface area contributed by atoms with E-state index in [1.165, 1.54) is 0 Å². The number of alkyl halides is 4. The van der Waals surface area contributed by atoms with Crippen molar-refractivity contribution in [2.24, 2.45) is 0 Å². The van der Waals surface area contributed by atoms with Crippen LogP contribution in [-0.2, 0) is 4.74 Å². The summed E-state index contributed by atoms with van der Waals surface area (Å²) in [5, 5.41) is 0. The summed E-state index contributed by atoms with van der Waals surface area (Å²) in [4.78, 5) is 2.01. The standard InChI is InChI=1S/C9H17ClF3NO/c1-2-14(5-3-4-10)6-7-15-8-9(11,12)13/h2-8H2,1H3. The second kappa shape index (κ2) is 8.19. The van der Waals surface area contributed by atoms with Gasteiger partial charge in [-0.3, -0.25) is 0 Å². The number of halogens is 4. The number of hydrogen-bond acceptors (Lipinski definition) is 2. The lowest BCUT2D eigenvalue weighted by atomic mass is 10.4. The highest BCUT2D eigenvalue weighted by Gasteiger charge is 2.27. The summed E-state index contributed by atoms with van der Waals surface area (Å²) in [7, 11) is 0. The Morgan fingerprint density at radius 3 is 2.40 bits per heavy atom. The zero-order valence-corrected chi connectivity index (χ0v) is 9.57. The predicted octanol–water partition coefficient (Wildman–Crippen LogP) is 2.52. The van der Waals surface area contributed by atoms with Crippen LogP contribution in [0.2, 0.25) is 0 Å². The molecular weight excluding hydrogens is 231 g/mol. The molecule has 0 spiro atoms. The fourth-order valence-electron chi connectivity index (χ4n) is 1.09. The first kappa shape index (κ1) is 15.0. The van der Waals surface area contributed by atoms with Crippen LogP contribution in [0.3, 0.4) is 0 Å². The van der Waals surface area contributed by atoms with Gasteiger partial charge in [0.05, 0.1) is 6.61 Å². The number of ether oxygens (including phenoxy) is 1. The van der Waals surface area contributed by atoms with Crippen LogP contribution in [0.5, 0.6) is 0 Å². The van der Waals surface area contributed by atoms with E-state index >= 15 is 0 Å². The van der Waals surface area contributed by atoms with Crippen LogP contribution in [0.15, 0.2) is 0 Å². The molecule has 0 aromatic carbocycles. The first-order valence-corrected chi connectivity index (χ1v) is 5.46. The van der Waals surface area contributed by atoms with Crippen LogP contribution in [0.4, 0.5) is 13.2 Å². The third-order valence-electron chi connectivity index (χ3n) is 1.87. The quantitative estimate of drug-likeness (QED) is 0.483. The first-order chi connectivity index (χ1) is 6.99. The molecule has 0 saturated carbocycles. The molecule has 6 heteroatoms. The van der Waals surface area contributed by atoms with Gasteiger partial charge in [0.15, 0.2) is 0 Å². The van der Waals surface area contributed by atoms with E-state index in [9.17, 15) is 13.2 Å².